The fourth-order valence-corrected chi connectivity index (χ4v) is 5.70. The van der Waals surface area contributed by atoms with Crippen LogP contribution in [-0.2, 0) is 16.1 Å². The van der Waals surface area contributed by atoms with E-state index in [0.29, 0.717) is 24.3 Å². The molecular formula is C25H30N4O5S. The van der Waals surface area contributed by atoms with Crippen LogP contribution in [0.25, 0.3) is 10.6 Å². The van der Waals surface area contributed by atoms with Gasteiger partial charge < -0.3 is 19.5 Å². The van der Waals surface area contributed by atoms with Gasteiger partial charge in [0.1, 0.15) is 12.7 Å². The van der Waals surface area contributed by atoms with E-state index < -0.39 is 11.9 Å². The number of amides is 1. The van der Waals surface area contributed by atoms with Crippen LogP contribution in [-0.4, -0.2) is 50.6 Å². The Hall–Kier alpha value is -3.19. The van der Waals surface area contributed by atoms with E-state index in [1.54, 1.807) is 24.1 Å². The van der Waals surface area contributed by atoms with Gasteiger partial charge in [-0.2, -0.15) is 9.64 Å². The molecule has 2 saturated carbocycles. The van der Waals surface area contributed by atoms with Gasteiger partial charge in [0.25, 0.3) is 0 Å². The number of aryl methyl sites for hydroxylation is 1. The summed E-state index contributed by atoms with van der Waals surface area (Å²) in [5.74, 6) is -0.889. The Morgan fingerprint density at radius 1 is 1.23 bits per heavy atom. The summed E-state index contributed by atoms with van der Waals surface area (Å²) in [6, 6.07) is 5.78. The minimum atomic E-state index is -0.810. The molecule has 9 nitrogen and oxygen atoms in total. The molecule has 35 heavy (non-hydrogen) atoms. The van der Waals surface area contributed by atoms with Crippen molar-refractivity contribution in [3.63, 3.8) is 0 Å². The maximum Gasteiger partial charge on any atom is 0.410 e. The molecule has 0 saturated heterocycles. The molecule has 0 aromatic carbocycles. The highest BCUT2D eigenvalue weighted by Gasteiger charge is 2.29. The number of nitriles is 1. The third kappa shape index (κ3) is 5.73. The van der Waals surface area contributed by atoms with Gasteiger partial charge in [-0.1, -0.05) is 12.8 Å². The smallest absolute Gasteiger partial charge is 0.410 e. The van der Waals surface area contributed by atoms with Gasteiger partial charge in [0, 0.05) is 18.7 Å². The predicted molar refractivity (Wildman–Crippen MR) is 129 cm³/mol. The van der Waals surface area contributed by atoms with Gasteiger partial charge in [-0.3, -0.25) is 4.79 Å². The highest BCUT2D eigenvalue weighted by atomic mass is 32.1. The summed E-state index contributed by atoms with van der Waals surface area (Å²) in [5, 5.41) is 19.0. The first-order valence-electron chi connectivity index (χ1n) is 12.0. The second kappa shape index (κ2) is 11.0. The zero-order valence-electron chi connectivity index (χ0n) is 20.0. The molecule has 186 valence electrons. The SMILES string of the molecule is Cc1nsc(-c2ccc(O[C@H]3CCC[C@H](C(=O)O)C3)c(C#N)n2)c1COC(=O)N(C)C1CCCC1. The lowest BCUT2D eigenvalue weighted by Gasteiger charge is -2.27. The Morgan fingerprint density at radius 2 is 2.00 bits per heavy atom. The van der Waals surface area contributed by atoms with E-state index >= 15 is 0 Å². The molecule has 2 aliphatic rings. The summed E-state index contributed by atoms with van der Waals surface area (Å²) in [5.41, 5.74) is 2.21. The van der Waals surface area contributed by atoms with E-state index in [-0.39, 0.29) is 30.5 Å². The van der Waals surface area contributed by atoms with Crippen LogP contribution in [0.3, 0.4) is 0 Å². The van der Waals surface area contributed by atoms with E-state index in [2.05, 4.69) is 15.4 Å². The molecule has 0 radical (unpaired) electrons. The molecule has 2 heterocycles. The first-order chi connectivity index (χ1) is 16.9. The molecule has 0 unspecified atom stereocenters. The molecule has 2 atom stereocenters. The average molecular weight is 499 g/mol. The molecule has 4 rings (SSSR count). The molecule has 10 heteroatoms. The van der Waals surface area contributed by atoms with Crippen LogP contribution in [0.4, 0.5) is 4.79 Å². The van der Waals surface area contributed by atoms with Gasteiger partial charge in [-0.05, 0) is 69.1 Å². The number of carbonyl (C=O) groups is 2. The second-order valence-corrected chi connectivity index (χ2v) is 10.0. The Balaban J connectivity index is 1.47. The summed E-state index contributed by atoms with van der Waals surface area (Å²) in [7, 11) is 1.78. The fourth-order valence-electron chi connectivity index (χ4n) is 4.84. The molecule has 2 fully saturated rings. The van der Waals surface area contributed by atoms with Gasteiger partial charge in [0.15, 0.2) is 11.4 Å². The van der Waals surface area contributed by atoms with Crippen molar-refractivity contribution in [2.24, 2.45) is 5.92 Å². The van der Waals surface area contributed by atoms with E-state index in [9.17, 15) is 20.0 Å². The molecule has 1 amide bonds. The number of carbonyl (C=O) groups excluding carboxylic acids is 1. The zero-order valence-corrected chi connectivity index (χ0v) is 20.8. The largest absolute Gasteiger partial charge is 0.487 e. The summed E-state index contributed by atoms with van der Waals surface area (Å²) in [4.78, 5) is 30.8. The third-order valence-electron chi connectivity index (χ3n) is 6.95. The van der Waals surface area contributed by atoms with Crippen molar-refractivity contribution in [2.75, 3.05) is 7.05 Å². The minimum absolute atomic E-state index is 0.0774. The van der Waals surface area contributed by atoms with Crippen molar-refractivity contribution in [3.05, 3.63) is 29.1 Å². The average Bonchev–Trinajstić information content (AvgIpc) is 3.52. The van der Waals surface area contributed by atoms with Gasteiger partial charge in [-0.25, -0.2) is 9.78 Å². The van der Waals surface area contributed by atoms with Crippen molar-refractivity contribution >= 4 is 23.6 Å². The van der Waals surface area contributed by atoms with Crippen LogP contribution in [0, 0.1) is 24.2 Å². The molecule has 2 aromatic heterocycles. The normalized spacial score (nSPS) is 20.3. The number of ether oxygens (including phenoxy) is 2. The number of aliphatic carboxylic acids is 1. The van der Waals surface area contributed by atoms with E-state index in [1.165, 1.54) is 11.5 Å². The lowest BCUT2D eigenvalue weighted by atomic mass is 9.87. The van der Waals surface area contributed by atoms with Gasteiger partial charge in [0.05, 0.1) is 28.3 Å². The Morgan fingerprint density at radius 3 is 2.71 bits per heavy atom. The Labute approximate surface area is 208 Å². The third-order valence-corrected chi connectivity index (χ3v) is 7.95. The fraction of sp³-hybridized carbons (Fsp3) is 0.560. The van der Waals surface area contributed by atoms with Crippen LogP contribution in [0.1, 0.15) is 68.3 Å². The van der Waals surface area contributed by atoms with E-state index in [1.807, 2.05) is 6.92 Å². The van der Waals surface area contributed by atoms with Crippen molar-refractivity contribution in [3.8, 4) is 22.4 Å². The topological polar surface area (TPSA) is 126 Å². The minimum Gasteiger partial charge on any atom is -0.487 e. The van der Waals surface area contributed by atoms with Crippen LogP contribution in [0.15, 0.2) is 12.1 Å². The van der Waals surface area contributed by atoms with E-state index in [4.69, 9.17) is 9.47 Å². The number of hydrogen-bond donors (Lipinski definition) is 1. The number of hydrogen-bond acceptors (Lipinski definition) is 8. The molecule has 1 N–H and O–H groups in total. The van der Waals surface area contributed by atoms with Crippen LogP contribution in [0.2, 0.25) is 0 Å². The van der Waals surface area contributed by atoms with Gasteiger partial charge >= 0.3 is 12.1 Å². The van der Waals surface area contributed by atoms with Crippen LogP contribution < -0.4 is 4.74 Å². The Kier molecular flexibility index (Phi) is 7.86. The first-order valence-corrected chi connectivity index (χ1v) is 12.8. The Bertz CT molecular complexity index is 1120. The van der Waals surface area contributed by atoms with Crippen molar-refractivity contribution in [1.82, 2.24) is 14.3 Å². The highest BCUT2D eigenvalue weighted by Crippen LogP contribution is 2.34. The molecular weight excluding hydrogens is 468 g/mol. The quantitative estimate of drug-likeness (QED) is 0.570. The van der Waals surface area contributed by atoms with Crippen molar-refractivity contribution < 1.29 is 24.2 Å². The summed E-state index contributed by atoms with van der Waals surface area (Å²) in [6.07, 6.45) is 6.24. The maximum absolute atomic E-state index is 12.6. The van der Waals surface area contributed by atoms with Crippen LogP contribution in [0.5, 0.6) is 5.75 Å². The predicted octanol–water partition coefficient (Wildman–Crippen LogP) is 4.92. The summed E-state index contributed by atoms with van der Waals surface area (Å²) in [6.45, 7) is 1.93. The maximum atomic E-state index is 12.6. The van der Waals surface area contributed by atoms with Gasteiger partial charge in [-0.15, -0.1) is 0 Å². The molecule has 2 aliphatic carbocycles. The number of aromatic nitrogens is 2. The zero-order chi connectivity index (χ0) is 24.9. The standard InChI is InChI=1S/C25H30N4O5S/c1-15-19(14-33-25(32)29(2)17-7-3-4-8-17)23(35-28-15)20-10-11-22(21(13-26)27-20)34-18-9-5-6-16(12-18)24(30)31/h10-11,16-18H,3-9,12,14H2,1-2H3,(H,30,31)/t16-,18-/m0/s1. The second-order valence-electron chi connectivity index (χ2n) is 9.28. The highest BCUT2D eigenvalue weighted by molar-refractivity contribution is 7.09. The monoisotopic (exact) mass is 498 g/mol. The number of rotatable bonds is 7. The van der Waals surface area contributed by atoms with Crippen molar-refractivity contribution in [1.29, 1.82) is 5.26 Å². The van der Waals surface area contributed by atoms with Gasteiger partial charge in [0.2, 0.25) is 0 Å². The number of nitrogens with zero attached hydrogens (tertiary/aromatic N) is 4. The lowest BCUT2D eigenvalue weighted by Crippen LogP contribution is -2.35. The van der Waals surface area contributed by atoms with Crippen molar-refractivity contribution in [2.45, 2.75) is 77.0 Å². The molecule has 0 aliphatic heterocycles. The molecule has 0 bridgehead atoms. The number of carboxylic acid groups (broad SMARTS) is 1. The van der Waals surface area contributed by atoms with E-state index in [0.717, 1.165) is 54.7 Å². The number of carboxylic acids is 1. The van der Waals surface area contributed by atoms with Crippen LogP contribution >= 0.6 is 11.5 Å². The first kappa shape index (κ1) is 24.9. The summed E-state index contributed by atoms with van der Waals surface area (Å²) < 4.78 is 16.0. The molecule has 0 spiro atoms. The molecule has 2 aromatic rings. The summed E-state index contributed by atoms with van der Waals surface area (Å²) >= 11 is 1.25. The lowest BCUT2D eigenvalue weighted by molar-refractivity contribution is -0.143. The number of pyridine rings is 1.